The second-order valence-corrected chi connectivity index (χ2v) is 1.88. The Morgan fingerprint density at radius 3 is 2.89 bits per heavy atom. The summed E-state index contributed by atoms with van der Waals surface area (Å²) in [7, 11) is 0. The highest BCUT2D eigenvalue weighted by molar-refractivity contribution is 5.16. The minimum atomic E-state index is 0.0588. The van der Waals surface area contributed by atoms with Crippen molar-refractivity contribution in [2.75, 3.05) is 0 Å². The molecule has 0 heterocycles. The first-order valence-corrected chi connectivity index (χ1v) is 3.17. The molecule has 0 spiro atoms. The van der Waals surface area contributed by atoms with Crippen molar-refractivity contribution in [3.63, 3.8) is 0 Å². The predicted octanol–water partition coefficient (Wildman–Crippen LogP) is 2.25. The maximum Gasteiger partial charge on any atom is 0.162 e. The maximum atomic E-state index is 8.71. The standard InChI is InChI=1S/C8H12O/c1-3-5-6-7-8(9)4-2/h2,7,9H,3,5-6H2,1H3. The molecule has 0 aromatic heterocycles. The summed E-state index contributed by atoms with van der Waals surface area (Å²) in [5.41, 5.74) is 0. The molecule has 0 bridgehead atoms. The van der Waals surface area contributed by atoms with Crippen LogP contribution in [0.1, 0.15) is 26.2 Å². The Kier molecular flexibility index (Phi) is 4.72. The summed E-state index contributed by atoms with van der Waals surface area (Å²) in [6, 6.07) is 0. The van der Waals surface area contributed by atoms with E-state index in [2.05, 4.69) is 12.8 Å². The lowest BCUT2D eigenvalue weighted by Crippen LogP contribution is -1.74. The lowest BCUT2D eigenvalue weighted by molar-refractivity contribution is 0.435. The summed E-state index contributed by atoms with van der Waals surface area (Å²) in [6.45, 7) is 2.10. The Morgan fingerprint density at radius 1 is 1.78 bits per heavy atom. The largest absolute Gasteiger partial charge is 0.501 e. The molecule has 0 rings (SSSR count). The van der Waals surface area contributed by atoms with Gasteiger partial charge >= 0.3 is 0 Å². The van der Waals surface area contributed by atoms with E-state index in [1.54, 1.807) is 6.08 Å². The summed E-state index contributed by atoms with van der Waals surface area (Å²) >= 11 is 0. The zero-order valence-electron chi connectivity index (χ0n) is 5.72. The summed E-state index contributed by atoms with van der Waals surface area (Å²) < 4.78 is 0. The summed E-state index contributed by atoms with van der Waals surface area (Å²) in [6.07, 6.45) is 9.66. The van der Waals surface area contributed by atoms with Gasteiger partial charge in [-0.15, -0.1) is 6.42 Å². The van der Waals surface area contributed by atoms with Gasteiger partial charge < -0.3 is 5.11 Å². The van der Waals surface area contributed by atoms with Gasteiger partial charge in [0.25, 0.3) is 0 Å². The summed E-state index contributed by atoms with van der Waals surface area (Å²) in [4.78, 5) is 0. The van der Waals surface area contributed by atoms with Crippen LogP contribution in [0.3, 0.4) is 0 Å². The minimum absolute atomic E-state index is 0.0588. The highest BCUT2D eigenvalue weighted by atomic mass is 16.3. The first kappa shape index (κ1) is 8.10. The Hall–Kier alpha value is -0.900. The molecule has 1 N–H and O–H groups in total. The number of rotatable bonds is 3. The normalized spacial score (nSPS) is 10.9. The van der Waals surface area contributed by atoms with Gasteiger partial charge in [-0.3, -0.25) is 0 Å². The molecule has 50 valence electrons. The van der Waals surface area contributed by atoms with Crippen molar-refractivity contribution in [3.05, 3.63) is 11.8 Å². The molecule has 1 nitrogen and oxygen atoms in total. The lowest BCUT2D eigenvalue weighted by Gasteiger charge is -1.87. The fraction of sp³-hybridized carbons (Fsp3) is 0.500. The molecule has 0 amide bonds. The van der Waals surface area contributed by atoms with Crippen LogP contribution in [0, 0.1) is 12.3 Å². The fourth-order valence-electron chi connectivity index (χ4n) is 0.502. The molecule has 0 fully saturated rings. The van der Waals surface area contributed by atoms with Gasteiger partial charge in [0.05, 0.1) is 0 Å². The van der Waals surface area contributed by atoms with Crippen LogP contribution in [0.4, 0.5) is 0 Å². The second-order valence-electron chi connectivity index (χ2n) is 1.88. The number of hydrogen-bond acceptors (Lipinski definition) is 1. The number of terminal acetylenes is 1. The van der Waals surface area contributed by atoms with Crippen LogP contribution in [-0.4, -0.2) is 5.11 Å². The first-order chi connectivity index (χ1) is 4.31. The fourth-order valence-corrected chi connectivity index (χ4v) is 0.502. The molecule has 0 aliphatic carbocycles. The average molecular weight is 124 g/mol. The van der Waals surface area contributed by atoms with E-state index in [1.807, 2.05) is 0 Å². The highest BCUT2D eigenvalue weighted by Crippen LogP contribution is 1.97. The molecular formula is C8H12O. The Balaban J connectivity index is 3.35. The Bertz CT molecular complexity index is 128. The molecule has 0 aliphatic heterocycles. The molecule has 0 aliphatic rings. The van der Waals surface area contributed by atoms with Crippen LogP contribution in [0.25, 0.3) is 0 Å². The predicted molar refractivity (Wildman–Crippen MR) is 39.1 cm³/mol. The third-order valence-corrected chi connectivity index (χ3v) is 1.04. The molecule has 0 aromatic carbocycles. The topological polar surface area (TPSA) is 20.2 Å². The molecule has 0 unspecified atom stereocenters. The van der Waals surface area contributed by atoms with E-state index in [4.69, 9.17) is 11.5 Å². The molecule has 1 heteroatoms. The zero-order valence-corrected chi connectivity index (χ0v) is 5.72. The summed E-state index contributed by atoms with van der Waals surface area (Å²) in [5.74, 6) is 2.20. The molecule has 0 radical (unpaired) electrons. The zero-order chi connectivity index (χ0) is 7.11. The number of aliphatic hydroxyl groups is 1. The quantitative estimate of drug-likeness (QED) is 0.347. The minimum Gasteiger partial charge on any atom is -0.501 e. The van der Waals surface area contributed by atoms with E-state index in [1.165, 1.54) is 0 Å². The molecular weight excluding hydrogens is 112 g/mol. The van der Waals surface area contributed by atoms with Gasteiger partial charge in [-0.05, 0) is 24.8 Å². The number of unbranched alkanes of at least 4 members (excludes halogenated alkanes) is 2. The third-order valence-electron chi connectivity index (χ3n) is 1.04. The van der Waals surface area contributed by atoms with E-state index in [-0.39, 0.29) is 5.76 Å². The Morgan fingerprint density at radius 2 is 2.44 bits per heavy atom. The molecule has 9 heavy (non-hydrogen) atoms. The highest BCUT2D eigenvalue weighted by Gasteiger charge is 1.82. The van der Waals surface area contributed by atoms with Crippen molar-refractivity contribution in [1.82, 2.24) is 0 Å². The van der Waals surface area contributed by atoms with Crippen molar-refractivity contribution in [1.29, 1.82) is 0 Å². The molecule has 0 saturated heterocycles. The van der Waals surface area contributed by atoms with Crippen LogP contribution in [0.5, 0.6) is 0 Å². The van der Waals surface area contributed by atoms with Gasteiger partial charge in [0.1, 0.15) is 0 Å². The monoisotopic (exact) mass is 124 g/mol. The molecule has 0 aromatic rings. The number of aliphatic hydroxyl groups excluding tert-OH is 1. The van der Waals surface area contributed by atoms with E-state index in [9.17, 15) is 0 Å². The van der Waals surface area contributed by atoms with Gasteiger partial charge in [-0.25, -0.2) is 0 Å². The number of hydrogen-bond donors (Lipinski definition) is 1. The third kappa shape index (κ3) is 4.96. The van der Waals surface area contributed by atoms with Crippen LogP contribution >= 0.6 is 0 Å². The van der Waals surface area contributed by atoms with Gasteiger partial charge in [0.2, 0.25) is 0 Å². The number of allylic oxidation sites excluding steroid dienone is 2. The van der Waals surface area contributed by atoms with Crippen LogP contribution in [0.15, 0.2) is 11.8 Å². The van der Waals surface area contributed by atoms with Crippen molar-refractivity contribution in [2.24, 2.45) is 0 Å². The van der Waals surface area contributed by atoms with E-state index in [0.717, 1.165) is 19.3 Å². The smallest absolute Gasteiger partial charge is 0.162 e. The van der Waals surface area contributed by atoms with E-state index < -0.39 is 0 Å². The van der Waals surface area contributed by atoms with Crippen molar-refractivity contribution >= 4 is 0 Å². The van der Waals surface area contributed by atoms with Gasteiger partial charge in [0.15, 0.2) is 5.76 Å². The SMILES string of the molecule is C#CC(O)=CCCCC. The second kappa shape index (κ2) is 5.24. The Labute approximate surface area is 56.4 Å². The van der Waals surface area contributed by atoms with Gasteiger partial charge in [-0.2, -0.15) is 0 Å². The van der Waals surface area contributed by atoms with Gasteiger partial charge in [0, 0.05) is 0 Å². The van der Waals surface area contributed by atoms with Gasteiger partial charge in [-0.1, -0.05) is 13.3 Å². The van der Waals surface area contributed by atoms with E-state index in [0.29, 0.717) is 0 Å². The van der Waals surface area contributed by atoms with E-state index >= 15 is 0 Å². The average Bonchev–Trinajstić information content (AvgIpc) is 1.89. The first-order valence-electron chi connectivity index (χ1n) is 3.17. The summed E-state index contributed by atoms with van der Waals surface area (Å²) in [5, 5.41) is 8.71. The molecule has 0 atom stereocenters. The molecule has 0 saturated carbocycles. The lowest BCUT2D eigenvalue weighted by atomic mass is 10.2. The van der Waals surface area contributed by atoms with Crippen LogP contribution in [-0.2, 0) is 0 Å². The maximum absolute atomic E-state index is 8.71. The van der Waals surface area contributed by atoms with Crippen LogP contribution in [0.2, 0.25) is 0 Å². The van der Waals surface area contributed by atoms with Crippen molar-refractivity contribution in [2.45, 2.75) is 26.2 Å². The van der Waals surface area contributed by atoms with Crippen molar-refractivity contribution in [3.8, 4) is 12.3 Å². The van der Waals surface area contributed by atoms with Crippen LogP contribution < -0.4 is 0 Å². The van der Waals surface area contributed by atoms with Crippen molar-refractivity contribution < 1.29 is 5.11 Å².